The summed E-state index contributed by atoms with van der Waals surface area (Å²) in [6, 6.07) is 0.824. The van der Waals surface area contributed by atoms with Gasteiger partial charge in [-0.05, 0) is 45.2 Å². The molecule has 1 saturated heterocycles. The van der Waals surface area contributed by atoms with Crippen LogP contribution in [0, 0.1) is 5.92 Å². The number of hydrogen-bond acceptors (Lipinski definition) is 2. The standard InChI is InChI=1S/C15H31N.C2H4O2/c1-4-5-6-7-8-9-12-16-13-10-11-14(2)15(16)3;1-2(3)4/h14-15H,4-13H2,1-3H3;1H3,(H,3,4). The number of hydrogen-bond donors (Lipinski definition) is 1. The van der Waals surface area contributed by atoms with Gasteiger partial charge in [0.2, 0.25) is 0 Å². The molecule has 0 aromatic heterocycles. The van der Waals surface area contributed by atoms with Crippen LogP contribution >= 0.6 is 0 Å². The van der Waals surface area contributed by atoms with Crippen molar-refractivity contribution >= 4 is 5.97 Å². The molecule has 1 N–H and O–H groups in total. The van der Waals surface area contributed by atoms with Crippen molar-refractivity contribution in [1.29, 1.82) is 0 Å². The molecular formula is C17H35NO2. The minimum atomic E-state index is -0.833. The van der Waals surface area contributed by atoms with Gasteiger partial charge >= 0.3 is 0 Å². The fraction of sp³-hybridized carbons (Fsp3) is 0.941. The van der Waals surface area contributed by atoms with Crippen LogP contribution in [-0.2, 0) is 4.79 Å². The number of carbonyl (C=O) groups is 1. The van der Waals surface area contributed by atoms with Crippen molar-refractivity contribution in [3.63, 3.8) is 0 Å². The molecule has 3 heteroatoms. The first kappa shape index (κ1) is 19.4. The molecule has 0 radical (unpaired) electrons. The molecule has 20 heavy (non-hydrogen) atoms. The predicted octanol–water partition coefficient (Wildman–Crippen LogP) is 4.56. The number of carboxylic acids is 1. The molecule has 0 amide bonds. The van der Waals surface area contributed by atoms with Crippen molar-refractivity contribution < 1.29 is 9.90 Å². The summed E-state index contributed by atoms with van der Waals surface area (Å²) in [5, 5.41) is 7.42. The second-order valence-corrected chi connectivity index (χ2v) is 6.18. The van der Waals surface area contributed by atoms with Crippen LogP contribution in [0.5, 0.6) is 0 Å². The summed E-state index contributed by atoms with van der Waals surface area (Å²) in [5.74, 6) is 0.0776. The van der Waals surface area contributed by atoms with Crippen molar-refractivity contribution in [2.24, 2.45) is 5.92 Å². The lowest BCUT2D eigenvalue weighted by Crippen LogP contribution is -2.42. The normalized spacial score (nSPS) is 23.0. The minimum absolute atomic E-state index is 0.824. The minimum Gasteiger partial charge on any atom is -0.481 e. The Morgan fingerprint density at radius 3 is 2.30 bits per heavy atom. The lowest BCUT2D eigenvalue weighted by molar-refractivity contribution is -0.134. The molecule has 0 saturated carbocycles. The predicted molar refractivity (Wildman–Crippen MR) is 86.1 cm³/mol. The first-order chi connectivity index (χ1) is 9.49. The number of nitrogens with zero attached hydrogens (tertiary/aromatic N) is 1. The van der Waals surface area contributed by atoms with E-state index in [0.29, 0.717) is 0 Å². The highest BCUT2D eigenvalue weighted by Crippen LogP contribution is 2.23. The Labute approximate surface area is 125 Å². The van der Waals surface area contributed by atoms with Gasteiger partial charge in [-0.15, -0.1) is 0 Å². The lowest BCUT2D eigenvalue weighted by atomic mass is 9.92. The van der Waals surface area contributed by atoms with Gasteiger partial charge in [-0.1, -0.05) is 46.0 Å². The van der Waals surface area contributed by atoms with E-state index in [9.17, 15) is 0 Å². The van der Waals surface area contributed by atoms with Crippen molar-refractivity contribution in [1.82, 2.24) is 4.90 Å². The Bertz CT molecular complexity index is 239. The molecule has 1 aliphatic heterocycles. The van der Waals surface area contributed by atoms with Crippen LogP contribution in [0.1, 0.15) is 79.1 Å². The molecule has 120 valence electrons. The Morgan fingerprint density at radius 2 is 1.70 bits per heavy atom. The number of piperidine rings is 1. The van der Waals surface area contributed by atoms with Crippen LogP contribution in [-0.4, -0.2) is 35.1 Å². The second-order valence-electron chi connectivity index (χ2n) is 6.18. The summed E-state index contributed by atoms with van der Waals surface area (Å²) in [6.45, 7) is 10.9. The molecule has 3 nitrogen and oxygen atoms in total. The topological polar surface area (TPSA) is 40.5 Å². The fourth-order valence-electron chi connectivity index (χ4n) is 2.83. The average Bonchev–Trinajstić information content (AvgIpc) is 2.38. The Morgan fingerprint density at radius 1 is 1.15 bits per heavy atom. The maximum absolute atomic E-state index is 9.00. The molecule has 0 aromatic rings. The number of unbranched alkanes of at least 4 members (excludes halogenated alkanes) is 5. The fourth-order valence-corrected chi connectivity index (χ4v) is 2.83. The van der Waals surface area contributed by atoms with Crippen LogP contribution in [0.25, 0.3) is 0 Å². The van der Waals surface area contributed by atoms with Gasteiger partial charge < -0.3 is 10.0 Å². The second kappa shape index (κ2) is 12.2. The molecule has 1 rings (SSSR count). The highest BCUT2D eigenvalue weighted by atomic mass is 16.4. The quantitative estimate of drug-likeness (QED) is 0.697. The number of aliphatic carboxylic acids is 1. The zero-order chi connectivity index (χ0) is 15.4. The van der Waals surface area contributed by atoms with Crippen molar-refractivity contribution in [2.75, 3.05) is 13.1 Å². The summed E-state index contributed by atoms with van der Waals surface area (Å²) in [4.78, 5) is 11.7. The van der Waals surface area contributed by atoms with Crippen molar-refractivity contribution in [3.05, 3.63) is 0 Å². The van der Waals surface area contributed by atoms with E-state index in [0.717, 1.165) is 18.9 Å². The van der Waals surface area contributed by atoms with E-state index >= 15 is 0 Å². The Balaban J connectivity index is 0.000000796. The zero-order valence-corrected chi connectivity index (χ0v) is 14.0. The number of rotatable bonds is 7. The van der Waals surface area contributed by atoms with Gasteiger partial charge in [0.05, 0.1) is 0 Å². The number of likely N-dealkylation sites (tertiary alicyclic amines) is 1. The molecule has 0 bridgehead atoms. The van der Waals surface area contributed by atoms with Gasteiger partial charge in [0.1, 0.15) is 0 Å². The highest BCUT2D eigenvalue weighted by Gasteiger charge is 2.23. The molecular weight excluding hydrogens is 250 g/mol. The Hall–Kier alpha value is -0.570. The van der Waals surface area contributed by atoms with Crippen LogP contribution in [0.3, 0.4) is 0 Å². The lowest BCUT2D eigenvalue weighted by Gasteiger charge is -2.37. The van der Waals surface area contributed by atoms with Crippen LogP contribution in [0.2, 0.25) is 0 Å². The third kappa shape index (κ3) is 10.2. The van der Waals surface area contributed by atoms with Crippen molar-refractivity contribution in [3.8, 4) is 0 Å². The largest absolute Gasteiger partial charge is 0.481 e. The van der Waals surface area contributed by atoms with E-state index in [1.807, 2.05) is 0 Å². The SMILES string of the molecule is CC(=O)O.CCCCCCCCN1CCCC(C)C1C. The summed E-state index contributed by atoms with van der Waals surface area (Å²) in [6.07, 6.45) is 11.4. The van der Waals surface area contributed by atoms with E-state index in [-0.39, 0.29) is 0 Å². The molecule has 0 spiro atoms. The molecule has 1 heterocycles. The van der Waals surface area contributed by atoms with Crippen LogP contribution < -0.4 is 0 Å². The molecule has 1 aliphatic rings. The average molecular weight is 285 g/mol. The van der Waals surface area contributed by atoms with Gasteiger partial charge in [0, 0.05) is 13.0 Å². The monoisotopic (exact) mass is 285 g/mol. The zero-order valence-electron chi connectivity index (χ0n) is 14.0. The van der Waals surface area contributed by atoms with Gasteiger partial charge in [-0.3, -0.25) is 4.79 Å². The van der Waals surface area contributed by atoms with Crippen LogP contribution in [0.4, 0.5) is 0 Å². The highest BCUT2D eigenvalue weighted by molar-refractivity contribution is 5.62. The first-order valence-electron chi connectivity index (χ1n) is 8.42. The molecule has 1 fully saturated rings. The number of carboxylic acid groups (broad SMARTS) is 1. The third-order valence-electron chi connectivity index (χ3n) is 4.30. The van der Waals surface area contributed by atoms with Gasteiger partial charge in [0.15, 0.2) is 0 Å². The van der Waals surface area contributed by atoms with Crippen LogP contribution in [0.15, 0.2) is 0 Å². The molecule has 0 aromatic carbocycles. The Kier molecular flexibility index (Phi) is 11.8. The van der Waals surface area contributed by atoms with E-state index in [1.54, 1.807) is 0 Å². The van der Waals surface area contributed by atoms with E-state index < -0.39 is 5.97 Å². The first-order valence-corrected chi connectivity index (χ1v) is 8.42. The van der Waals surface area contributed by atoms with Gasteiger partial charge in [0.25, 0.3) is 5.97 Å². The molecule has 2 atom stereocenters. The van der Waals surface area contributed by atoms with Crippen molar-refractivity contribution in [2.45, 2.75) is 85.1 Å². The third-order valence-corrected chi connectivity index (χ3v) is 4.30. The van der Waals surface area contributed by atoms with Gasteiger partial charge in [-0.2, -0.15) is 0 Å². The summed E-state index contributed by atoms with van der Waals surface area (Å²) in [5.41, 5.74) is 0. The van der Waals surface area contributed by atoms with Gasteiger partial charge in [-0.25, -0.2) is 0 Å². The maximum atomic E-state index is 9.00. The summed E-state index contributed by atoms with van der Waals surface area (Å²) >= 11 is 0. The maximum Gasteiger partial charge on any atom is 0.300 e. The smallest absolute Gasteiger partial charge is 0.300 e. The summed E-state index contributed by atoms with van der Waals surface area (Å²) in [7, 11) is 0. The van der Waals surface area contributed by atoms with E-state index in [4.69, 9.17) is 9.90 Å². The molecule has 2 unspecified atom stereocenters. The van der Waals surface area contributed by atoms with E-state index in [1.165, 1.54) is 64.5 Å². The van der Waals surface area contributed by atoms with E-state index in [2.05, 4.69) is 25.7 Å². The summed E-state index contributed by atoms with van der Waals surface area (Å²) < 4.78 is 0. The molecule has 0 aliphatic carbocycles.